The molecule has 0 atom stereocenters. The number of carbonyl (C=O) groups excluding carboxylic acids is 2. The van der Waals surface area contributed by atoms with Crippen LogP contribution in [0, 0.1) is 0 Å². The molecule has 1 amide bonds. The maximum atomic E-state index is 13.2. The molecule has 2 N–H and O–H groups in total. The Labute approximate surface area is 239 Å². The molecule has 6 heteroatoms. The number of aryl methyl sites for hydroxylation is 1. The van der Waals surface area contributed by atoms with E-state index in [2.05, 4.69) is 29.4 Å². The summed E-state index contributed by atoms with van der Waals surface area (Å²) < 4.78 is 1.94. The number of amides is 1. The highest BCUT2D eigenvalue weighted by Gasteiger charge is 2.38. The summed E-state index contributed by atoms with van der Waals surface area (Å²) in [5, 5.41) is 4.89. The van der Waals surface area contributed by atoms with Crippen molar-refractivity contribution >= 4 is 39.2 Å². The lowest BCUT2D eigenvalue weighted by Gasteiger charge is -2.07. The third-order valence-corrected chi connectivity index (χ3v) is 7.62. The molecule has 0 radical (unpaired) electrons. The fraction of sp³-hybridized carbons (Fsp3) is 0.242. The van der Waals surface area contributed by atoms with Gasteiger partial charge in [0.25, 0.3) is 17.4 Å². The number of nitrogens with zero attached hydrogens (tertiary/aromatic N) is 1. The topological polar surface area (TPSA) is 65.8 Å². The van der Waals surface area contributed by atoms with Crippen LogP contribution in [0.3, 0.4) is 0 Å². The summed E-state index contributed by atoms with van der Waals surface area (Å²) >= 11 is 0. The van der Waals surface area contributed by atoms with Crippen molar-refractivity contribution in [1.82, 2.24) is 4.98 Å². The molecule has 0 saturated heterocycles. The minimum absolute atomic E-state index is 0. The number of pyridine rings is 1. The SMILES string of the molecule is CCCCCCCCc1ccc(NC(=O)c2ccc3[nH]c4c5[n+](ccc4c3c2)-c2ccccc2C5=O)cc1.[Br-]. The van der Waals surface area contributed by atoms with Crippen molar-refractivity contribution in [3.05, 3.63) is 101 Å². The number of carbonyl (C=O) groups is 2. The Morgan fingerprint density at radius 1 is 0.872 bits per heavy atom. The minimum atomic E-state index is -0.149. The normalized spacial score (nSPS) is 11.9. The van der Waals surface area contributed by atoms with E-state index in [-0.39, 0.29) is 28.7 Å². The minimum Gasteiger partial charge on any atom is -1.00 e. The van der Waals surface area contributed by atoms with Gasteiger partial charge in [0.1, 0.15) is 11.1 Å². The summed E-state index contributed by atoms with van der Waals surface area (Å²) in [5.41, 5.74) is 6.60. The van der Waals surface area contributed by atoms with Crippen LogP contribution < -0.4 is 26.9 Å². The third-order valence-electron chi connectivity index (χ3n) is 7.62. The Kier molecular flexibility index (Phi) is 7.94. The van der Waals surface area contributed by atoms with Gasteiger partial charge in [-0.2, -0.15) is 4.57 Å². The number of aromatic nitrogens is 2. The summed E-state index contributed by atoms with van der Waals surface area (Å²) in [6.45, 7) is 2.24. The standard InChI is InChI=1S/C33H31N3O2.BrH/c1-2-3-4-5-6-7-10-22-13-16-24(17-14-22)34-33(38)23-15-18-28-27(21-23)25-19-20-36-29-12-9-8-11-26(29)32(37)31(36)30(25)35-28;/h8-9,11-21H,2-7,10H2,1H3,(H,34,38);1H. The lowest BCUT2D eigenvalue weighted by molar-refractivity contribution is -0.592. The van der Waals surface area contributed by atoms with Gasteiger partial charge in [0.2, 0.25) is 5.69 Å². The van der Waals surface area contributed by atoms with Gasteiger partial charge in [-0.25, -0.2) is 0 Å². The molecular formula is C33H32BrN3O2. The number of rotatable bonds is 9. The first-order valence-corrected chi connectivity index (χ1v) is 13.7. The van der Waals surface area contributed by atoms with Crippen LogP contribution in [0.25, 0.3) is 27.5 Å². The molecule has 0 saturated carbocycles. The van der Waals surface area contributed by atoms with Crippen molar-refractivity contribution in [3.63, 3.8) is 0 Å². The second-order valence-electron chi connectivity index (χ2n) is 10.2. The number of nitrogens with one attached hydrogen (secondary N) is 2. The molecule has 0 aliphatic carbocycles. The number of hydrogen-bond acceptors (Lipinski definition) is 2. The van der Waals surface area contributed by atoms with Gasteiger partial charge in [0, 0.05) is 39.7 Å². The second kappa shape index (κ2) is 11.5. The molecule has 0 spiro atoms. The molecule has 39 heavy (non-hydrogen) atoms. The number of para-hydroxylation sites is 1. The smallest absolute Gasteiger partial charge is 0.284 e. The fourth-order valence-electron chi connectivity index (χ4n) is 5.55. The molecule has 6 rings (SSSR count). The van der Waals surface area contributed by atoms with Gasteiger partial charge in [0.05, 0.1) is 0 Å². The van der Waals surface area contributed by atoms with E-state index in [4.69, 9.17) is 0 Å². The van der Waals surface area contributed by atoms with Gasteiger partial charge in [-0.3, -0.25) is 9.59 Å². The molecule has 3 heterocycles. The Morgan fingerprint density at radius 2 is 1.64 bits per heavy atom. The average Bonchev–Trinajstić information content (AvgIpc) is 3.46. The molecule has 5 nitrogen and oxygen atoms in total. The van der Waals surface area contributed by atoms with E-state index in [9.17, 15) is 9.59 Å². The number of ketones is 1. The van der Waals surface area contributed by atoms with Crippen LogP contribution in [0.15, 0.2) is 79.0 Å². The summed E-state index contributed by atoms with van der Waals surface area (Å²) in [6.07, 6.45) is 10.8. The molecular weight excluding hydrogens is 550 g/mol. The molecule has 0 fully saturated rings. The molecule has 3 aromatic carbocycles. The van der Waals surface area contributed by atoms with Crippen molar-refractivity contribution in [2.24, 2.45) is 0 Å². The van der Waals surface area contributed by atoms with Gasteiger partial charge in [-0.1, -0.05) is 63.3 Å². The Balaban J connectivity index is 0.00000308. The molecule has 0 unspecified atom stereocenters. The number of aromatic amines is 1. The van der Waals surface area contributed by atoms with Crippen LogP contribution in [0.1, 0.15) is 77.4 Å². The van der Waals surface area contributed by atoms with E-state index in [1.54, 1.807) is 0 Å². The zero-order valence-electron chi connectivity index (χ0n) is 22.1. The Morgan fingerprint density at radius 3 is 2.46 bits per heavy atom. The number of benzene rings is 3. The van der Waals surface area contributed by atoms with E-state index in [0.29, 0.717) is 16.8 Å². The zero-order valence-corrected chi connectivity index (χ0v) is 23.7. The van der Waals surface area contributed by atoms with E-state index in [1.807, 2.05) is 71.4 Å². The first kappa shape index (κ1) is 26.8. The lowest BCUT2D eigenvalue weighted by atomic mass is 10.0. The number of halogens is 1. The van der Waals surface area contributed by atoms with Crippen LogP contribution in [0.5, 0.6) is 0 Å². The average molecular weight is 583 g/mol. The molecule has 2 aromatic heterocycles. The predicted molar refractivity (Wildman–Crippen MR) is 152 cm³/mol. The quantitative estimate of drug-likeness (QED) is 0.197. The van der Waals surface area contributed by atoms with E-state index in [1.165, 1.54) is 44.1 Å². The Hall–Kier alpha value is -3.77. The monoisotopic (exact) mass is 581 g/mol. The van der Waals surface area contributed by atoms with Gasteiger partial charge in [0.15, 0.2) is 6.20 Å². The number of anilines is 1. The molecule has 5 aromatic rings. The van der Waals surface area contributed by atoms with Gasteiger partial charge < -0.3 is 27.3 Å². The Bertz CT molecular complexity index is 1670. The van der Waals surface area contributed by atoms with Crippen molar-refractivity contribution in [1.29, 1.82) is 0 Å². The van der Waals surface area contributed by atoms with Crippen molar-refractivity contribution in [3.8, 4) is 5.69 Å². The first-order chi connectivity index (χ1) is 18.6. The summed E-state index contributed by atoms with van der Waals surface area (Å²) in [5.74, 6) is -0.139. The van der Waals surface area contributed by atoms with E-state index < -0.39 is 0 Å². The second-order valence-corrected chi connectivity index (χ2v) is 10.2. The highest BCUT2D eigenvalue weighted by atomic mass is 79.9. The van der Waals surface area contributed by atoms with Crippen molar-refractivity contribution < 1.29 is 31.1 Å². The highest BCUT2D eigenvalue weighted by Crippen LogP contribution is 2.31. The number of H-pyrrole nitrogens is 1. The van der Waals surface area contributed by atoms with Gasteiger partial charge in [-0.05, 0) is 54.8 Å². The summed E-state index contributed by atoms with van der Waals surface area (Å²) in [4.78, 5) is 29.7. The summed E-state index contributed by atoms with van der Waals surface area (Å²) in [6, 6.07) is 23.5. The maximum Gasteiger partial charge on any atom is 0.284 e. The van der Waals surface area contributed by atoms with E-state index in [0.717, 1.165) is 39.6 Å². The van der Waals surface area contributed by atoms with Gasteiger partial charge in [-0.15, -0.1) is 0 Å². The predicted octanol–water partition coefficient (Wildman–Crippen LogP) is 4.30. The number of unbranched alkanes of at least 4 members (excludes halogenated alkanes) is 5. The zero-order chi connectivity index (χ0) is 26.1. The van der Waals surface area contributed by atoms with E-state index >= 15 is 0 Å². The molecule has 198 valence electrons. The molecule has 0 bridgehead atoms. The van der Waals surface area contributed by atoms with Gasteiger partial charge >= 0.3 is 0 Å². The highest BCUT2D eigenvalue weighted by molar-refractivity contribution is 6.21. The number of fused-ring (bicyclic) bond motifs is 7. The molecule has 1 aliphatic heterocycles. The summed E-state index contributed by atoms with van der Waals surface area (Å²) in [7, 11) is 0. The van der Waals surface area contributed by atoms with Crippen LogP contribution in [0.4, 0.5) is 5.69 Å². The van der Waals surface area contributed by atoms with Crippen LogP contribution in [-0.2, 0) is 6.42 Å². The number of hydrogen-bond donors (Lipinski definition) is 2. The molecule has 1 aliphatic rings. The first-order valence-electron chi connectivity index (χ1n) is 13.7. The van der Waals surface area contributed by atoms with Crippen molar-refractivity contribution in [2.75, 3.05) is 5.32 Å². The van der Waals surface area contributed by atoms with Crippen molar-refractivity contribution in [2.45, 2.75) is 51.9 Å². The van der Waals surface area contributed by atoms with Crippen LogP contribution in [0.2, 0.25) is 0 Å². The van der Waals surface area contributed by atoms with Crippen LogP contribution >= 0.6 is 0 Å². The lowest BCUT2D eigenvalue weighted by Crippen LogP contribution is -3.00. The third kappa shape index (κ3) is 5.13. The maximum absolute atomic E-state index is 13.2. The fourth-order valence-corrected chi connectivity index (χ4v) is 5.55. The van der Waals surface area contributed by atoms with Crippen LogP contribution in [-0.4, -0.2) is 16.7 Å². The largest absolute Gasteiger partial charge is 1.00 e.